The van der Waals surface area contributed by atoms with E-state index in [1.54, 1.807) is 0 Å². The predicted octanol–water partition coefficient (Wildman–Crippen LogP) is 6.27. The summed E-state index contributed by atoms with van der Waals surface area (Å²) in [7, 11) is 0. The van der Waals surface area contributed by atoms with Gasteiger partial charge in [-0.3, -0.25) is 4.79 Å². The molecule has 24 heavy (non-hydrogen) atoms. The molecule has 0 radical (unpaired) electrons. The fourth-order valence-corrected chi connectivity index (χ4v) is 3.01. The van der Waals surface area contributed by atoms with Crippen molar-refractivity contribution < 1.29 is 9.90 Å². The number of carboxylic acid groups (broad SMARTS) is 1. The molecule has 0 heterocycles. The van der Waals surface area contributed by atoms with Crippen molar-refractivity contribution >= 4 is 5.97 Å². The number of carboxylic acids is 1. The molecule has 0 atom stereocenters. The molecule has 0 spiro atoms. The Kier molecular flexibility index (Phi) is 7.99. The summed E-state index contributed by atoms with van der Waals surface area (Å²) in [6, 6.07) is 8.75. The van der Waals surface area contributed by atoms with Gasteiger partial charge < -0.3 is 5.11 Å². The molecule has 0 saturated heterocycles. The lowest BCUT2D eigenvalue weighted by molar-refractivity contribution is -0.147. The number of unbranched alkanes of at least 4 members (excludes halogenated alkanes) is 2. The molecule has 0 bridgehead atoms. The largest absolute Gasteiger partial charge is 0.481 e. The van der Waals surface area contributed by atoms with Gasteiger partial charge in [-0.2, -0.15) is 0 Å². The van der Waals surface area contributed by atoms with Gasteiger partial charge in [-0.15, -0.1) is 0 Å². The molecule has 1 N–H and O–H groups in total. The van der Waals surface area contributed by atoms with Crippen molar-refractivity contribution in [1.82, 2.24) is 0 Å². The Morgan fingerprint density at radius 3 is 1.71 bits per heavy atom. The van der Waals surface area contributed by atoms with Crippen molar-refractivity contribution in [2.24, 2.45) is 10.8 Å². The Balaban J connectivity index is 2.42. The van der Waals surface area contributed by atoms with Crippen LogP contribution in [-0.2, 0) is 17.6 Å². The van der Waals surface area contributed by atoms with Crippen LogP contribution in [-0.4, -0.2) is 11.1 Å². The van der Waals surface area contributed by atoms with Gasteiger partial charge in [-0.1, -0.05) is 57.9 Å². The molecule has 1 aromatic rings. The van der Waals surface area contributed by atoms with Crippen LogP contribution in [0, 0.1) is 10.8 Å². The van der Waals surface area contributed by atoms with Crippen LogP contribution in [0.1, 0.15) is 84.3 Å². The Labute approximate surface area is 148 Å². The predicted molar refractivity (Wildman–Crippen MR) is 102 cm³/mol. The van der Waals surface area contributed by atoms with E-state index in [9.17, 15) is 9.90 Å². The lowest BCUT2D eigenvalue weighted by atomic mass is 9.86. The minimum absolute atomic E-state index is 0.427. The van der Waals surface area contributed by atoms with Gasteiger partial charge in [-0.05, 0) is 68.9 Å². The van der Waals surface area contributed by atoms with E-state index in [2.05, 4.69) is 45.0 Å². The molecule has 0 aliphatic heterocycles. The van der Waals surface area contributed by atoms with Crippen molar-refractivity contribution in [1.29, 1.82) is 0 Å². The third kappa shape index (κ3) is 7.99. The first-order chi connectivity index (χ1) is 11.1. The van der Waals surface area contributed by atoms with E-state index in [0.717, 1.165) is 32.1 Å². The van der Waals surface area contributed by atoms with Crippen LogP contribution < -0.4 is 0 Å². The highest BCUT2D eigenvalue weighted by atomic mass is 16.4. The van der Waals surface area contributed by atoms with Gasteiger partial charge in [0.25, 0.3) is 0 Å². The summed E-state index contributed by atoms with van der Waals surface area (Å²) >= 11 is 0. The van der Waals surface area contributed by atoms with Crippen molar-refractivity contribution in [3.05, 3.63) is 35.4 Å². The molecule has 1 rings (SSSR count). The van der Waals surface area contributed by atoms with Crippen LogP contribution in [0.25, 0.3) is 0 Å². The van der Waals surface area contributed by atoms with E-state index < -0.39 is 11.4 Å². The van der Waals surface area contributed by atoms with Gasteiger partial charge in [0, 0.05) is 0 Å². The van der Waals surface area contributed by atoms with Gasteiger partial charge >= 0.3 is 5.97 Å². The first-order valence-electron chi connectivity index (χ1n) is 9.42. The monoisotopic (exact) mass is 332 g/mol. The third-order valence-electron chi connectivity index (χ3n) is 4.82. The minimum atomic E-state index is -0.693. The number of aliphatic carboxylic acids is 1. The number of hydrogen-bond acceptors (Lipinski definition) is 1. The van der Waals surface area contributed by atoms with Gasteiger partial charge in [-0.25, -0.2) is 0 Å². The number of benzene rings is 1. The molecule has 2 heteroatoms. The van der Waals surface area contributed by atoms with E-state index in [4.69, 9.17) is 0 Å². The SMILES string of the molecule is CC(C)(C)CCCCc1ccccc1CCCCC(C)(C)C(=O)O. The highest BCUT2D eigenvalue weighted by Gasteiger charge is 2.25. The van der Waals surface area contributed by atoms with E-state index >= 15 is 0 Å². The average molecular weight is 333 g/mol. The minimum Gasteiger partial charge on any atom is -0.481 e. The second-order valence-corrected chi connectivity index (χ2v) is 8.93. The van der Waals surface area contributed by atoms with Crippen LogP contribution in [0.2, 0.25) is 0 Å². The molecular formula is C22H36O2. The number of carbonyl (C=O) groups is 1. The molecule has 136 valence electrons. The van der Waals surface area contributed by atoms with E-state index in [1.807, 2.05) is 13.8 Å². The molecule has 0 aromatic heterocycles. The fourth-order valence-electron chi connectivity index (χ4n) is 3.01. The Morgan fingerprint density at radius 2 is 1.29 bits per heavy atom. The summed E-state index contributed by atoms with van der Waals surface area (Å²) in [4.78, 5) is 11.2. The van der Waals surface area contributed by atoms with Crippen molar-refractivity contribution in [2.75, 3.05) is 0 Å². The van der Waals surface area contributed by atoms with Crippen molar-refractivity contribution in [3.8, 4) is 0 Å². The molecule has 0 amide bonds. The van der Waals surface area contributed by atoms with Gasteiger partial charge in [0.2, 0.25) is 0 Å². The highest BCUT2D eigenvalue weighted by Crippen LogP contribution is 2.25. The molecule has 1 aromatic carbocycles. The maximum absolute atomic E-state index is 11.2. The summed E-state index contributed by atoms with van der Waals surface area (Å²) < 4.78 is 0. The van der Waals surface area contributed by atoms with Crippen molar-refractivity contribution in [2.45, 2.75) is 86.0 Å². The lowest BCUT2D eigenvalue weighted by Gasteiger charge is -2.19. The maximum atomic E-state index is 11.2. The van der Waals surface area contributed by atoms with Crippen LogP contribution in [0.3, 0.4) is 0 Å². The number of rotatable bonds is 10. The standard InChI is InChI=1S/C22H36O2/c1-21(2,3)16-10-8-14-18-12-6-7-13-19(18)15-9-11-17-22(4,5)20(23)24/h6-7,12-13H,8-11,14-17H2,1-5H3,(H,23,24). The molecule has 0 unspecified atom stereocenters. The Morgan fingerprint density at radius 1 is 0.833 bits per heavy atom. The van der Waals surface area contributed by atoms with Crippen molar-refractivity contribution in [3.63, 3.8) is 0 Å². The summed E-state index contributed by atoms with van der Waals surface area (Å²) in [6.45, 7) is 10.6. The molecule has 0 saturated carbocycles. The smallest absolute Gasteiger partial charge is 0.309 e. The first-order valence-corrected chi connectivity index (χ1v) is 9.42. The Hall–Kier alpha value is -1.31. The zero-order chi connectivity index (χ0) is 18.2. The average Bonchev–Trinajstić information content (AvgIpc) is 2.48. The van der Waals surface area contributed by atoms with Gasteiger partial charge in [0.05, 0.1) is 5.41 Å². The van der Waals surface area contributed by atoms with Crippen LogP contribution in [0.5, 0.6) is 0 Å². The topological polar surface area (TPSA) is 37.3 Å². The number of aryl methyl sites for hydroxylation is 2. The van der Waals surface area contributed by atoms with Crippen LogP contribution in [0.4, 0.5) is 0 Å². The molecule has 0 aliphatic rings. The molecule has 0 fully saturated rings. The summed E-state index contributed by atoms with van der Waals surface area (Å²) in [6.07, 6.45) is 8.81. The zero-order valence-corrected chi connectivity index (χ0v) is 16.3. The molecular weight excluding hydrogens is 296 g/mol. The second kappa shape index (κ2) is 9.25. The highest BCUT2D eigenvalue weighted by molar-refractivity contribution is 5.73. The number of hydrogen-bond donors (Lipinski definition) is 1. The molecule has 2 nitrogen and oxygen atoms in total. The van der Waals surface area contributed by atoms with E-state index in [-0.39, 0.29) is 0 Å². The quantitative estimate of drug-likeness (QED) is 0.513. The van der Waals surface area contributed by atoms with Crippen LogP contribution >= 0.6 is 0 Å². The first kappa shape index (κ1) is 20.7. The summed E-state index contributed by atoms with van der Waals surface area (Å²) in [5.74, 6) is -0.693. The Bertz CT molecular complexity index is 509. The third-order valence-corrected chi connectivity index (χ3v) is 4.82. The van der Waals surface area contributed by atoms with Gasteiger partial charge in [0.1, 0.15) is 0 Å². The van der Waals surface area contributed by atoms with Gasteiger partial charge in [0.15, 0.2) is 0 Å². The maximum Gasteiger partial charge on any atom is 0.309 e. The second-order valence-electron chi connectivity index (χ2n) is 8.93. The molecule has 0 aliphatic carbocycles. The van der Waals surface area contributed by atoms with E-state index in [0.29, 0.717) is 5.41 Å². The normalized spacial score (nSPS) is 12.4. The van der Waals surface area contributed by atoms with E-state index in [1.165, 1.54) is 30.4 Å². The summed E-state index contributed by atoms with van der Waals surface area (Å²) in [5.41, 5.74) is 2.74. The summed E-state index contributed by atoms with van der Waals surface area (Å²) in [5, 5.41) is 9.18. The lowest BCUT2D eigenvalue weighted by Crippen LogP contribution is -2.23. The van der Waals surface area contributed by atoms with Crippen LogP contribution in [0.15, 0.2) is 24.3 Å². The zero-order valence-electron chi connectivity index (χ0n) is 16.3. The fraction of sp³-hybridized carbons (Fsp3) is 0.682.